The molecule has 1 aliphatic rings. The van der Waals surface area contributed by atoms with Gasteiger partial charge >= 0.3 is 0 Å². The van der Waals surface area contributed by atoms with Gasteiger partial charge in [-0.1, -0.05) is 147 Å². The van der Waals surface area contributed by atoms with Crippen molar-refractivity contribution in [1.29, 1.82) is 0 Å². The summed E-state index contributed by atoms with van der Waals surface area (Å²) in [7, 11) is -1.94. The van der Waals surface area contributed by atoms with Gasteiger partial charge in [-0.05, 0) is 38.2 Å². The molecule has 7 rings (SSSR count). The fourth-order valence-corrected chi connectivity index (χ4v) is 9.08. The van der Waals surface area contributed by atoms with E-state index in [4.69, 9.17) is 9.97 Å². The van der Waals surface area contributed by atoms with Crippen LogP contribution in [0.1, 0.15) is 0 Å². The number of nitrogens with zero attached hydrogens (tertiary/aromatic N) is 2. The molecule has 2 heterocycles. The summed E-state index contributed by atoms with van der Waals surface area (Å²) in [4.78, 5) is 10.5. The molecule has 0 saturated carbocycles. The molecule has 0 radical (unpaired) electrons. The average molecular weight is 517 g/mol. The molecule has 1 aromatic heterocycles. The Bertz CT molecular complexity index is 1790. The fourth-order valence-electron chi connectivity index (χ4n) is 5.85. The van der Waals surface area contributed by atoms with Gasteiger partial charge in [0, 0.05) is 11.1 Å². The van der Waals surface area contributed by atoms with Crippen LogP contribution in [0.15, 0.2) is 133 Å². The second-order valence-electron chi connectivity index (χ2n) is 10.7. The Morgan fingerprint density at radius 1 is 0.410 bits per heavy atom. The zero-order valence-electron chi connectivity index (χ0n) is 22.1. The smallest absolute Gasteiger partial charge is 0.160 e. The van der Waals surface area contributed by atoms with Gasteiger partial charge in [-0.2, -0.15) is 0 Å². The molecule has 0 saturated heterocycles. The van der Waals surface area contributed by atoms with E-state index in [0.29, 0.717) is 0 Å². The Morgan fingerprint density at radius 2 is 0.846 bits per heavy atom. The molecule has 6 aromatic rings. The van der Waals surface area contributed by atoms with Gasteiger partial charge in [0.1, 0.15) is 8.07 Å². The van der Waals surface area contributed by atoms with Gasteiger partial charge in [0.25, 0.3) is 0 Å². The van der Waals surface area contributed by atoms with Gasteiger partial charge < -0.3 is 0 Å². The van der Waals surface area contributed by atoms with Crippen LogP contribution in [-0.4, -0.2) is 18.0 Å². The summed E-state index contributed by atoms with van der Waals surface area (Å²) in [6, 6.07) is 47.3. The quantitative estimate of drug-likeness (QED) is 0.222. The molecule has 2 nitrogen and oxygen atoms in total. The first kappa shape index (κ1) is 23.5. The van der Waals surface area contributed by atoms with Crippen LogP contribution in [0.4, 0.5) is 0 Å². The predicted octanol–water partition coefficient (Wildman–Crippen LogP) is 7.95. The Morgan fingerprint density at radius 3 is 1.44 bits per heavy atom. The van der Waals surface area contributed by atoms with E-state index in [0.717, 1.165) is 28.3 Å². The van der Waals surface area contributed by atoms with E-state index in [2.05, 4.69) is 147 Å². The number of hydrogen-bond acceptors (Lipinski definition) is 2. The minimum atomic E-state index is -1.94. The number of fused-ring (bicyclic) bond motifs is 3. The van der Waals surface area contributed by atoms with Crippen LogP contribution in [0.2, 0.25) is 13.1 Å². The molecule has 186 valence electrons. The molecule has 0 aliphatic carbocycles. The molecule has 0 spiro atoms. The molecule has 39 heavy (non-hydrogen) atoms. The summed E-state index contributed by atoms with van der Waals surface area (Å²) in [5, 5.41) is 2.78. The average Bonchev–Trinajstić information content (AvgIpc) is 3.24. The maximum Gasteiger partial charge on any atom is 0.160 e. The third-order valence-electron chi connectivity index (χ3n) is 7.91. The van der Waals surface area contributed by atoms with Crippen molar-refractivity contribution in [2.24, 2.45) is 0 Å². The first-order valence-corrected chi connectivity index (χ1v) is 16.4. The summed E-state index contributed by atoms with van der Waals surface area (Å²) in [5.74, 6) is 0.778. The van der Waals surface area contributed by atoms with Crippen molar-refractivity contribution >= 4 is 18.4 Å². The van der Waals surface area contributed by atoms with Crippen molar-refractivity contribution in [2.75, 3.05) is 0 Å². The Balaban J connectivity index is 1.30. The van der Waals surface area contributed by atoms with E-state index in [-0.39, 0.29) is 0 Å². The largest absolute Gasteiger partial charge is 0.228 e. The van der Waals surface area contributed by atoms with Crippen molar-refractivity contribution in [3.63, 3.8) is 0 Å². The third kappa shape index (κ3) is 4.03. The Kier molecular flexibility index (Phi) is 5.61. The maximum atomic E-state index is 5.23. The van der Waals surface area contributed by atoms with Crippen LogP contribution in [0.25, 0.3) is 56.2 Å². The minimum Gasteiger partial charge on any atom is -0.228 e. The van der Waals surface area contributed by atoms with Gasteiger partial charge in [-0.15, -0.1) is 0 Å². The summed E-state index contributed by atoms with van der Waals surface area (Å²) >= 11 is 0. The Labute approximate surface area is 230 Å². The molecule has 1 aliphatic heterocycles. The number of benzene rings is 5. The lowest BCUT2D eigenvalue weighted by Gasteiger charge is -2.21. The van der Waals surface area contributed by atoms with Crippen LogP contribution in [0, 0.1) is 0 Å². The highest BCUT2D eigenvalue weighted by atomic mass is 28.3. The molecule has 0 amide bonds. The van der Waals surface area contributed by atoms with Crippen LogP contribution in [0.5, 0.6) is 0 Å². The second-order valence-corrected chi connectivity index (χ2v) is 15.0. The van der Waals surface area contributed by atoms with E-state index in [9.17, 15) is 0 Å². The van der Waals surface area contributed by atoms with E-state index < -0.39 is 8.07 Å². The van der Waals surface area contributed by atoms with Crippen LogP contribution in [-0.2, 0) is 0 Å². The Hall–Kier alpha value is -4.60. The first-order valence-electron chi connectivity index (χ1n) is 13.4. The van der Waals surface area contributed by atoms with Crippen LogP contribution < -0.4 is 10.4 Å². The number of aromatic nitrogens is 2. The zero-order valence-corrected chi connectivity index (χ0v) is 23.1. The van der Waals surface area contributed by atoms with Crippen LogP contribution >= 0.6 is 0 Å². The summed E-state index contributed by atoms with van der Waals surface area (Å²) in [5.41, 5.74) is 10.5. The third-order valence-corrected chi connectivity index (χ3v) is 11.4. The molecule has 0 bridgehead atoms. The van der Waals surface area contributed by atoms with Crippen molar-refractivity contribution in [3.8, 4) is 56.2 Å². The highest BCUT2D eigenvalue weighted by Crippen LogP contribution is 2.34. The number of hydrogen-bond donors (Lipinski definition) is 0. The molecular weight excluding hydrogens is 488 g/mol. The van der Waals surface area contributed by atoms with Gasteiger partial charge in [-0.25, -0.2) is 9.97 Å². The summed E-state index contributed by atoms with van der Waals surface area (Å²) in [6.07, 6.45) is 0. The normalized spacial score (nSPS) is 13.1. The molecule has 3 heteroatoms. The van der Waals surface area contributed by atoms with Crippen molar-refractivity contribution in [1.82, 2.24) is 9.97 Å². The maximum absolute atomic E-state index is 5.23. The van der Waals surface area contributed by atoms with Gasteiger partial charge in [-0.3, -0.25) is 0 Å². The van der Waals surface area contributed by atoms with Crippen molar-refractivity contribution in [2.45, 2.75) is 13.1 Å². The summed E-state index contributed by atoms with van der Waals surface area (Å²) < 4.78 is 0. The lowest BCUT2D eigenvalue weighted by molar-refractivity contribution is 1.20. The predicted molar refractivity (Wildman–Crippen MR) is 166 cm³/mol. The lowest BCUT2D eigenvalue weighted by Crippen LogP contribution is -2.50. The minimum absolute atomic E-state index is 0.778. The van der Waals surface area contributed by atoms with E-state index >= 15 is 0 Å². The standard InChI is InChI=1S/C36H28N2Si/c1-39(2)32-16-10-9-15-31(32)34-35(39)33(29-13-7-4-8-14-29)37-36(38-34)30-23-21-28(22-24-30)27-19-17-26(18-20-27)25-11-5-3-6-12-25/h3-24H,1-2H3. The van der Waals surface area contributed by atoms with Gasteiger partial charge in [0.2, 0.25) is 0 Å². The SMILES string of the molecule is C[Si]1(C)c2ccccc2-c2nc(-c3ccc(-c4ccc(-c5ccccc5)cc4)cc3)nc(-c3ccccc3)c21. The van der Waals surface area contributed by atoms with Crippen molar-refractivity contribution in [3.05, 3.63) is 133 Å². The zero-order chi connectivity index (χ0) is 26.4. The monoisotopic (exact) mass is 516 g/mol. The molecule has 0 unspecified atom stereocenters. The van der Waals surface area contributed by atoms with Crippen molar-refractivity contribution < 1.29 is 0 Å². The van der Waals surface area contributed by atoms with Gasteiger partial charge in [0.05, 0.1) is 11.4 Å². The fraction of sp³-hybridized carbons (Fsp3) is 0.0556. The molecule has 0 atom stereocenters. The number of rotatable bonds is 4. The van der Waals surface area contributed by atoms with Gasteiger partial charge in [0.15, 0.2) is 5.82 Å². The highest BCUT2D eigenvalue weighted by molar-refractivity contribution is 7.04. The summed E-state index contributed by atoms with van der Waals surface area (Å²) in [6.45, 7) is 4.84. The van der Waals surface area contributed by atoms with E-state index in [1.165, 1.54) is 38.2 Å². The molecule has 0 fully saturated rings. The molecular formula is C36H28N2Si. The molecule has 5 aromatic carbocycles. The van der Waals surface area contributed by atoms with E-state index in [1.807, 2.05) is 0 Å². The van der Waals surface area contributed by atoms with Crippen LogP contribution in [0.3, 0.4) is 0 Å². The molecule has 0 N–H and O–H groups in total. The highest BCUT2D eigenvalue weighted by Gasteiger charge is 2.41. The topological polar surface area (TPSA) is 25.8 Å². The van der Waals surface area contributed by atoms with E-state index in [1.54, 1.807) is 0 Å². The second kappa shape index (κ2) is 9.30. The lowest BCUT2D eigenvalue weighted by atomic mass is 9.99. The first-order chi connectivity index (χ1) is 19.1.